The number of anilines is 3. The smallest absolute Gasteiger partial charge is 0.0586 e. The topological polar surface area (TPSA) is 8.17 Å². The molecule has 0 saturated carbocycles. The van der Waals surface area contributed by atoms with Crippen molar-refractivity contribution in [3.8, 4) is 22.3 Å². The normalized spacial score (nSPS) is 16.4. The summed E-state index contributed by atoms with van der Waals surface area (Å²) in [5.74, 6) is 0.365. The maximum Gasteiger partial charge on any atom is 0.0586 e. The second-order valence-corrected chi connectivity index (χ2v) is 18.5. The van der Waals surface area contributed by atoms with E-state index in [-0.39, 0.29) is 11.5 Å². The van der Waals surface area contributed by atoms with Crippen molar-refractivity contribution in [2.75, 3.05) is 4.90 Å². The quantitative estimate of drug-likeness (QED) is 0.157. The predicted molar refractivity (Wildman–Crippen MR) is 274 cm³/mol. The van der Waals surface area contributed by atoms with Crippen molar-refractivity contribution in [3.05, 3.63) is 223 Å². The summed E-state index contributed by atoms with van der Waals surface area (Å²) in [5.41, 5.74) is 13.8. The van der Waals surface area contributed by atoms with Crippen LogP contribution in [0.5, 0.6) is 0 Å². The highest BCUT2D eigenvalue weighted by molar-refractivity contribution is 6.37. The first-order chi connectivity index (χ1) is 31.4. The van der Waals surface area contributed by atoms with Crippen LogP contribution in [-0.4, -0.2) is 4.57 Å². The van der Waals surface area contributed by atoms with Crippen LogP contribution in [0.25, 0.3) is 87.1 Å². The van der Waals surface area contributed by atoms with Gasteiger partial charge in [-0.15, -0.1) is 0 Å². The van der Waals surface area contributed by atoms with Gasteiger partial charge in [0.25, 0.3) is 0 Å². The zero-order valence-electron chi connectivity index (χ0n) is 36.3. The van der Waals surface area contributed by atoms with Gasteiger partial charge < -0.3 is 9.47 Å². The summed E-state index contributed by atoms with van der Waals surface area (Å²) in [6.07, 6.45) is 9.13. The molecule has 2 nitrogen and oxygen atoms in total. The largest absolute Gasteiger partial charge is 0.332 e. The molecule has 13 rings (SSSR count). The number of rotatable bonds is 5. The monoisotopic (exact) mass is 818 g/mol. The first-order valence-electron chi connectivity index (χ1n) is 22.7. The number of fused-ring (bicyclic) bond motifs is 14. The lowest BCUT2D eigenvalue weighted by Gasteiger charge is -2.28. The van der Waals surface area contributed by atoms with Gasteiger partial charge in [0.15, 0.2) is 0 Å². The first kappa shape index (κ1) is 36.9. The summed E-state index contributed by atoms with van der Waals surface area (Å²) >= 11 is 0. The molecule has 0 amide bonds. The number of hydrogen-bond acceptors (Lipinski definition) is 1. The Balaban J connectivity index is 1.02. The van der Waals surface area contributed by atoms with Crippen molar-refractivity contribution in [2.45, 2.75) is 32.2 Å². The van der Waals surface area contributed by atoms with Crippen LogP contribution in [0.2, 0.25) is 0 Å². The third kappa shape index (κ3) is 5.32. The lowest BCUT2D eigenvalue weighted by molar-refractivity contribution is 0.511. The molecule has 11 aromatic rings. The number of aromatic nitrogens is 1. The van der Waals surface area contributed by atoms with Crippen LogP contribution in [0.4, 0.5) is 17.1 Å². The molecule has 0 aliphatic heterocycles. The summed E-state index contributed by atoms with van der Waals surface area (Å²) < 4.78 is 2.63. The maximum atomic E-state index is 2.63. The van der Waals surface area contributed by atoms with Gasteiger partial charge in [-0.3, -0.25) is 0 Å². The fourth-order valence-electron chi connectivity index (χ4n) is 11.5. The highest BCUT2D eigenvalue weighted by Gasteiger charge is 2.36. The summed E-state index contributed by atoms with van der Waals surface area (Å²) in [7, 11) is 0. The maximum absolute atomic E-state index is 2.63. The Labute approximate surface area is 373 Å². The van der Waals surface area contributed by atoms with Crippen LogP contribution in [0.1, 0.15) is 37.9 Å². The van der Waals surface area contributed by atoms with Crippen LogP contribution < -0.4 is 4.90 Å². The molecule has 2 heteroatoms. The van der Waals surface area contributed by atoms with E-state index in [0.29, 0.717) is 5.92 Å². The van der Waals surface area contributed by atoms with E-state index in [9.17, 15) is 0 Å². The molecule has 1 aromatic heterocycles. The molecule has 0 bridgehead atoms. The minimum atomic E-state index is -0.106. The standard InChI is InChI=1S/C62H46N2/c1-39-16-4-14-26-57(39)64-58-27-15-12-24-52(58)60-59-50-22-9-7-19-46(50)53(38-54(59)47-20-8-10-23-51(47)61(60)64)41-29-31-43(32-30-41)63(44-33-28-40-17-5-6-18-42(40)36-44)45-34-35-49-48-21-11-13-25-55(48)62(2,3)56(49)37-45/h4-39,57H,1-3H3. The Morgan fingerprint density at radius 2 is 1.06 bits per heavy atom. The molecular weight excluding hydrogens is 773 g/mol. The first-order valence-corrected chi connectivity index (χ1v) is 22.7. The third-order valence-electron chi connectivity index (χ3n) is 14.6. The molecular formula is C62H46N2. The highest BCUT2D eigenvalue weighted by Crippen LogP contribution is 2.52. The molecule has 0 spiro atoms. The van der Waals surface area contributed by atoms with E-state index >= 15 is 0 Å². The van der Waals surface area contributed by atoms with Crippen molar-refractivity contribution in [2.24, 2.45) is 5.92 Å². The van der Waals surface area contributed by atoms with E-state index in [2.05, 4.69) is 243 Å². The Morgan fingerprint density at radius 1 is 0.438 bits per heavy atom. The van der Waals surface area contributed by atoms with Gasteiger partial charge in [0.05, 0.1) is 11.6 Å². The summed E-state index contributed by atoms with van der Waals surface area (Å²) in [4.78, 5) is 2.44. The number of benzene rings is 10. The molecule has 304 valence electrons. The molecule has 0 N–H and O–H groups in total. The predicted octanol–water partition coefficient (Wildman–Crippen LogP) is 17.2. The Morgan fingerprint density at radius 3 is 1.89 bits per heavy atom. The zero-order chi connectivity index (χ0) is 42.7. The number of allylic oxidation sites excluding steroid dienone is 4. The third-order valence-corrected chi connectivity index (χ3v) is 14.6. The fraction of sp³-hybridized carbons (Fsp3) is 0.0968. The summed E-state index contributed by atoms with van der Waals surface area (Å²) in [5, 5.41) is 12.8. The molecule has 2 unspecified atom stereocenters. The second kappa shape index (κ2) is 13.9. The Bertz CT molecular complexity index is 3780. The zero-order valence-corrected chi connectivity index (χ0v) is 36.3. The van der Waals surface area contributed by atoms with E-state index < -0.39 is 0 Å². The van der Waals surface area contributed by atoms with E-state index in [1.807, 2.05) is 0 Å². The van der Waals surface area contributed by atoms with Gasteiger partial charge in [-0.05, 0) is 120 Å². The van der Waals surface area contributed by atoms with Crippen molar-refractivity contribution in [1.82, 2.24) is 4.57 Å². The van der Waals surface area contributed by atoms with Crippen LogP contribution in [-0.2, 0) is 5.41 Å². The molecule has 0 fully saturated rings. The molecule has 64 heavy (non-hydrogen) atoms. The van der Waals surface area contributed by atoms with Crippen LogP contribution in [0, 0.1) is 5.92 Å². The van der Waals surface area contributed by atoms with E-state index in [1.165, 1.54) is 98.3 Å². The average Bonchev–Trinajstić information content (AvgIpc) is 3.80. The van der Waals surface area contributed by atoms with Gasteiger partial charge >= 0.3 is 0 Å². The molecule has 2 aliphatic carbocycles. The van der Waals surface area contributed by atoms with Gasteiger partial charge in [0, 0.05) is 49.5 Å². The average molecular weight is 819 g/mol. The molecule has 0 saturated heterocycles. The molecule has 1 heterocycles. The fourth-order valence-corrected chi connectivity index (χ4v) is 11.5. The lowest BCUT2D eigenvalue weighted by Crippen LogP contribution is -2.16. The number of nitrogens with zero attached hydrogens (tertiary/aromatic N) is 2. The Hall–Kier alpha value is -7.68. The van der Waals surface area contributed by atoms with Gasteiger partial charge in [0.2, 0.25) is 0 Å². The lowest BCUT2D eigenvalue weighted by atomic mass is 9.82. The van der Waals surface area contributed by atoms with Gasteiger partial charge in [-0.2, -0.15) is 0 Å². The molecule has 2 aliphatic rings. The number of para-hydroxylation sites is 1. The van der Waals surface area contributed by atoms with Crippen molar-refractivity contribution >= 4 is 82.0 Å². The van der Waals surface area contributed by atoms with Crippen LogP contribution in [0.3, 0.4) is 0 Å². The molecule has 2 atom stereocenters. The number of hydrogen-bond donors (Lipinski definition) is 0. The highest BCUT2D eigenvalue weighted by atomic mass is 15.1. The SMILES string of the molecule is CC1C=CC=CC1n1c2ccccc2c2c3c4ccccc4c(-c4ccc(N(c5ccc6c(c5)C(C)(C)c5ccccc5-6)c5ccc6ccccc6c5)cc4)cc3c3ccccc3c21. The molecule has 0 radical (unpaired) electrons. The van der Waals surface area contributed by atoms with Gasteiger partial charge in [0.1, 0.15) is 0 Å². The van der Waals surface area contributed by atoms with Crippen molar-refractivity contribution in [3.63, 3.8) is 0 Å². The van der Waals surface area contributed by atoms with Gasteiger partial charge in [-0.25, -0.2) is 0 Å². The molecule has 10 aromatic carbocycles. The minimum absolute atomic E-state index is 0.106. The minimum Gasteiger partial charge on any atom is -0.332 e. The van der Waals surface area contributed by atoms with Crippen LogP contribution >= 0.6 is 0 Å². The van der Waals surface area contributed by atoms with E-state index in [1.54, 1.807) is 0 Å². The summed E-state index contributed by atoms with van der Waals surface area (Å²) in [6, 6.07) is 70.7. The van der Waals surface area contributed by atoms with Gasteiger partial charge in [-0.1, -0.05) is 185 Å². The van der Waals surface area contributed by atoms with Crippen LogP contribution in [0.15, 0.2) is 212 Å². The Kier molecular flexibility index (Phi) is 8.03. The van der Waals surface area contributed by atoms with E-state index in [0.717, 1.165) is 17.1 Å². The summed E-state index contributed by atoms with van der Waals surface area (Å²) in [6.45, 7) is 7.07. The second-order valence-electron chi connectivity index (χ2n) is 18.5. The van der Waals surface area contributed by atoms with E-state index in [4.69, 9.17) is 0 Å². The van der Waals surface area contributed by atoms with Crippen molar-refractivity contribution < 1.29 is 0 Å². The van der Waals surface area contributed by atoms with Crippen molar-refractivity contribution in [1.29, 1.82) is 0 Å².